The maximum absolute atomic E-state index is 13.9. The number of fused-ring (bicyclic) bond motifs is 1. The summed E-state index contributed by atoms with van der Waals surface area (Å²) in [7, 11) is 4.37. The highest BCUT2D eigenvalue weighted by Crippen LogP contribution is 2.39. The van der Waals surface area contributed by atoms with Crippen LogP contribution in [0.2, 0.25) is 0 Å². The van der Waals surface area contributed by atoms with E-state index < -0.39 is 23.0 Å². The summed E-state index contributed by atoms with van der Waals surface area (Å²) >= 11 is 2.76. The number of hydrogen-bond donors (Lipinski definition) is 3. The molecule has 3 N–H and O–H groups in total. The lowest BCUT2D eigenvalue weighted by Gasteiger charge is -2.27. The van der Waals surface area contributed by atoms with Gasteiger partial charge >= 0.3 is 5.97 Å². The molecule has 1 aliphatic rings. The van der Waals surface area contributed by atoms with Crippen molar-refractivity contribution >= 4 is 63.6 Å². The molecule has 0 fully saturated rings. The molecule has 1 unspecified atom stereocenters. The van der Waals surface area contributed by atoms with E-state index in [-0.39, 0.29) is 11.6 Å². The summed E-state index contributed by atoms with van der Waals surface area (Å²) in [6, 6.07) is 31.2. The van der Waals surface area contributed by atoms with Gasteiger partial charge in [0.25, 0.3) is 11.8 Å². The average molecular weight is 805 g/mol. The lowest BCUT2D eigenvalue weighted by Crippen LogP contribution is -2.30. The zero-order chi connectivity index (χ0) is 40.3. The molecule has 57 heavy (non-hydrogen) atoms. The number of thiophene rings is 1. The molecule has 0 aliphatic carbocycles. The molecule has 13 heteroatoms. The zero-order valence-corrected chi connectivity index (χ0v) is 33.8. The number of rotatable bonds is 15. The van der Waals surface area contributed by atoms with Crippen LogP contribution in [-0.2, 0) is 33.8 Å². The molecule has 294 valence electrons. The molecule has 11 nitrogen and oxygen atoms in total. The third kappa shape index (κ3) is 10.1. The summed E-state index contributed by atoms with van der Waals surface area (Å²) in [5.74, 6) is -0.898. The van der Waals surface area contributed by atoms with E-state index in [1.807, 2.05) is 31.2 Å². The minimum absolute atomic E-state index is 0.0254. The second-order valence-electron chi connectivity index (χ2n) is 13.1. The monoisotopic (exact) mass is 804 g/mol. The lowest BCUT2D eigenvalue weighted by atomic mass is 10.0. The lowest BCUT2D eigenvalue weighted by molar-refractivity contribution is -0.116. The first-order valence-corrected chi connectivity index (χ1v) is 20.1. The van der Waals surface area contributed by atoms with Gasteiger partial charge in [-0.25, -0.2) is 4.79 Å². The fourth-order valence-electron chi connectivity index (χ4n) is 6.49. The average Bonchev–Trinajstić information content (AvgIpc) is 3.59. The number of nitrogens with one attached hydrogen (secondary N) is 3. The van der Waals surface area contributed by atoms with Crippen molar-refractivity contribution in [1.82, 2.24) is 10.2 Å². The molecular weight excluding hydrogens is 761 g/mol. The number of nitrogens with zero attached hydrogens (tertiary/aromatic N) is 1. The second kappa shape index (κ2) is 19.3. The van der Waals surface area contributed by atoms with Crippen LogP contribution in [0.4, 0.5) is 10.7 Å². The Morgan fingerprint density at radius 3 is 2.32 bits per heavy atom. The minimum Gasteiger partial charge on any atom is -0.493 e. The van der Waals surface area contributed by atoms with Gasteiger partial charge < -0.3 is 30.2 Å². The van der Waals surface area contributed by atoms with Gasteiger partial charge in [0.15, 0.2) is 11.5 Å². The Labute approximate surface area is 340 Å². The minimum atomic E-state index is -0.574. The van der Waals surface area contributed by atoms with Crippen LogP contribution in [0.15, 0.2) is 114 Å². The van der Waals surface area contributed by atoms with Crippen molar-refractivity contribution in [3.8, 4) is 11.5 Å². The van der Waals surface area contributed by atoms with E-state index in [0.29, 0.717) is 58.3 Å². The van der Waals surface area contributed by atoms with Crippen LogP contribution in [0.3, 0.4) is 0 Å². The van der Waals surface area contributed by atoms with E-state index in [1.165, 1.54) is 56.1 Å². The molecule has 6 rings (SSSR count). The smallest absolute Gasteiger partial charge is 0.341 e. The molecule has 0 saturated heterocycles. The molecule has 1 aromatic heterocycles. The van der Waals surface area contributed by atoms with Crippen LogP contribution in [-0.4, -0.2) is 61.7 Å². The number of methoxy groups -OCH3 is 3. The number of carbonyl (C=O) groups excluding carboxylic acids is 4. The van der Waals surface area contributed by atoms with Crippen LogP contribution in [0.1, 0.15) is 55.6 Å². The first-order valence-electron chi connectivity index (χ1n) is 18.4. The van der Waals surface area contributed by atoms with Crippen LogP contribution >= 0.6 is 23.1 Å². The van der Waals surface area contributed by atoms with Crippen molar-refractivity contribution in [2.45, 2.75) is 43.0 Å². The molecule has 0 radical (unpaired) electrons. The zero-order valence-electron chi connectivity index (χ0n) is 32.1. The summed E-state index contributed by atoms with van der Waals surface area (Å²) in [6.45, 7) is 4.16. The number of anilines is 2. The van der Waals surface area contributed by atoms with Crippen LogP contribution in [0.25, 0.3) is 6.08 Å². The standard InChI is InChI=1S/C44H44N4O7S2/c1-5-36(42(51)47-43-38(44(52)55-4)33-22-23-48(27-37(33)57-43)26-28-14-8-6-9-15-28)56-32-20-13-19-31(25-32)45-41(50)34(46-40(49)29-16-10-7-11-17-29)24-30-18-12-21-35(53-2)39(30)54-3/h6-21,24-25,36H,5,22-23,26-27H2,1-4H3,(H,45,50)(H,46,49)(H,47,51)/b34-24+. The highest BCUT2D eigenvalue weighted by atomic mass is 32.2. The molecule has 0 saturated carbocycles. The fourth-order valence-corrected chi connectivity index (χ4v) is 8.78. The quantitative estimate of drug-likeness (QED) is 0.0546. The maximum Gasteiger partial charge on any atom is 0.341 e. The number of benzene rings is 4. The summed E-state index contributed by atoms with van der Waals surface area (Å²) in [5, 5.41) is 8.68. The first-order chi connectivity index (χ1) is 27.7. The Morgan fingerprint density at radius 1 is 0.877 bits per heavy atom. The highest BCUT2D eigenvalue weighted by Gasteiger charge is 2.31. The number of thioether (sulfide) groups is 1. The molecule has 4 aromatic carbocycles. The first kappa shape index (κ1) is 40.8. The second-order valence-corrected chi connectivity index (χ2v) is 15.5. The van der Waals surface area contributed by atoms with Gasteiger partial charge in [-0.3, -0.25) is 19.3 Å². The van der Waals surface area contributed by atoms with Gasteiger partial charge in [0.05, 0.1) is 32.1 Å². The summed E-state index contributed by atoms with van der Waals surface area (Å²) in [5.41, 5.74) is 3.88. The van der Waals surface area contributed by atoms with Crippen molar-refractivity contribution < 1.29 is 33.4 Å². The molecule has 0 bridgehead atoms. The number of para-hydroxylation sites is 1. The summed E-state index contributed by atoms with van der Waals surface area (Å²) in [6.07, 6.45) is 2.69. The van der Waals surface area contributed by atoms with Gasteiger partial charge in [-0.05, 0) is 66.4 Å². The van der Waals surface area contributed by atoms with E-state index in [9.17, 15) is 19.2 Å². The van der Waals surface area contributed by atoms with Gasteiger partial charge in [0, 0.05) is 46.2 Å². The predicted octanol–water partition coefficient (Wildman–Crippen LogP) is 8.03. The predicted molar refractivity (Wildman–Crippen MR) is 225 cm³/mol. The number of ether oxygens (including phenoxy) is 3. The normalized spacial score (nSPS) is 13.2. The van der Waals surface area contributed by atoms with E-state index in [4.69, 9.17) is 14.2 Å². The van der Waals surface area contributed by atoms with Crippen molar-refractivity contribution in [3.63, 3.8) is 0 Å². The van der Waals surface area contributed by atoms with E-state index in [1.54, 1.807) is 66.7 Å². The number of esters is 1. The van der Waals surface area contributed by atoms with Crippen molar-refractivity contribution in [3.05, 3.63) is 142 Å². The highest BCUT2D eigenvalue weighted by molar-refractivity contribution is 8.00. The molecule has 3 amide bonds. The van der Waals surface area contributed by atoms with E-state index in [2.05, 4.69) is 33.0 Å². The number of hydrogen-bond acceptors (Lipinski definition) is 10. The Hall–Kier alpha value is -5.89. The van der Waals surface area contributed by atoms with Gasteiger partial charge in [0.2, 0.25) is 5.91 Å². The fraction of sp³-hybridized carbons (Fsp3) is 0.227. The van der Waals surface area contributed by atoms with Gasteiger partial charge in [-0.15, -0.1) is 23.1 Å². The van der Waals surface area contributed by atoms with Crippen LogP contribution in [0.5, 0.6) is 11.5 Å². The van der Waals surface area contributed by atoms with Crippen molar-refractivity contribution in [2.24, 2.45) is 0 Å². The molecule has 1 atom stereocenters. The molecule has 1 aliphatic heterocycles. The largest absolute Gasteiger partial charge is 0.493 e. The summed E-state index contributed by atoms with van der Waals surface area (Å²) < 4.78 is 16.2. The van der Waals surface area contributed by atoms with E-state index >= 15 is 0 Å². The van der Waals surface area contributed by atoms with Crippen molar-refractivity contribution in [2.75, 3.05) is 38.5 Å². The Morgan fingerprint density at radius 2 is 1.61 bits per heavy atom. The summed E-state index contributed by atoms with van der Waals surface area (Å²) in [4.78, 5) is 58.1. The van der Waals surface area contributed by atoms with Crippen LogP contribution < -0.4 is 25.4 Å². The molecule has 0 spiro atoms. The Bertz CT molecular complexity index is 2260. The van der Waals surface area contributed by atoms with Crippen LogP contribution in [0, 0.1) is 0 Å². The number of carbonyl (C=O) groups is 4. The molecule has 5 aromatic rings. The van der Waals surface area contributed by atoms with Gasteiger partial charge in [-0.2, -0.15) is 0 Å². The Kier molecular flexibility index (Phi) is 13.8. The van der Waals surface area contributed by atoms with Gasteiger partial charge in [-0.1, -0.05) is 73.7 Å². The topological polar surface area (TPSA) is 135 Å². The molecular formula is C44H44N4O7S2. The third-order valence-electron chi connectivity index (χ3n) is 9.31. The number of amides is 3. The Balaban J connectivity index is 1.18. The SMILES string of the molecule is CCC(Sc1cccc(NC(=O)/C(=C\c2cccc(OC)c2OC)NC(=O)c2ccccc2)c1)C(=O)Nc1sc2c(c1C(=O)OC)CCN(Cc1ccccc1)C2. The molecule has 2 heterocycles. The van der Waals surface area contributed by atoms with Crippen molar-refractivity contribution in [1.29, 1.82) is 0 Å². The maximum atomic E-state index is 13.9. The van der Waals surface area contributed by atoms with Gasteiger partial charge in [0.1, 0.15) is 10.7 Å². The van der Waals surface area contributed by atoms with E-state index in [0.717, 1.165) is 28.4 Å². The third-order valence-corrected chi connectivity index (χ3v) is 11.8.